The number of carboxylic acid groups (broad SMARTS) is 1. The van der Waals surface area contributed by atoms with Gasteiger partial charge in [0, 0.05) is 6.54 Å². The molecule has 0 aliphatic rings. The number of nitrogens with one attached hydrogen (secondary N) is 1. The van der Waals surface area contributed by atoms with E-state index in [2.05, 4.69) is 26.2 Å². The third kappa shape index (κ3) is 3.50. The molecule has 2 aromatic rings. The zero-order valence-corrected chi connectivity index (χ0v) is 14.7. The van der Waals surface area contributed by atoms with Crippen molar-refractivity contribution in [3.8, 4) is 11.5 Å². The van der Waals surface area contributed by atoms with Gasteiger partial charge >= 0.3 is 5.97 Å². The molecule has 0 radical (unpaired) electrons. The number of carboxylic acids is 1. The second-order valence-electron chi connectivity index (χ2n) is 4.41. The van der Waals surface area contributed by atoms with E-state index in [1.165, 1.54) is 0 Å². The lowest BCUT2D eigenvalue weighted by Gasteiger charge is -2.12. The number of hydrogen-bond donors (Lipinski definition) is 2. The molecule has 22 heavy (non-hydrogen) atoms. The fraction of sp³-hybridized carbons (Fsp3) is 0.286. The summed E-state index contributed by atoms with van der Waals surface area (Å²) in [6.07, 6.45) is 0. The fourth-order valence-electron chi connectivity index (χ4n) is 1.92. The van der Waals surface area contributed by atoms with E-state index in [9.17, 15) is 4.79 Å². The number of benzene rings is 1. The van der Waals surface area contributed by atoms with Gasteiger partial charge in [-0.2, -0.15) is 0 Å². The number of hydrogen-bond acceptors (Lipinski definition) is 6. The summed E-state index contributed by atoms with van der Waals surface area (Å²) in [6, 6.07) is 3.77. The van der Waals surface area contributed by atoms with Gasteiger partial charge < -0.3 is 19.9 Å². The van der Waals surface area contributed by atoms with Crippen LogP contribution in [-0.2, 0) is 6.54 Å². The monoisotopic (exact) mass is 386 g/mol. The van der Waals surface area contributed by atoms with Gasteiger partial charge in [0.25, 0.3) is 0 Å². The van der Waals surface area contributed by atoms with Crippen molar-refractivity contribution in [3.05, 3.63) is 32.7 Å². The Hall–Kier alpha value is -1.80. The average Bonchev–Trinajstić information content (AvgIpc) is 2.85. The first-order valence-electron chi connectivity index (χ1n) is 6.31. The number of aromatic nitrogens is 1. The zero-order valence-electron chi connectivity index (χ0n) is 12.3. The third-order valence-electron chi connectivity index (χ3n) is 2.93. The number of halogens is 1. The highest BCUT2D eigenvalue weighted by atomic mass is 79.9. The summed E-state index contributed by atoms with van der Waals surface area (Å²) in [5.74, 6) is 0.289. The van der Waals surface area contributed by atoms with Gasteiger partial charge in [-0.3, -0.25) is 0 Å². The maximum Gasteiger partial charge on any atom is 0.347 e. The molecule has 1 heterocycles. The molecule has 8 heteroatoms. The summed E-state index contributed by atoms with van der Waals surface area (Å²) in [5, 5.41) is 12.7. The minimum Gasteiger partial charge on any atom is -0.493 e. The Morgan fingerprint density at radius 3 is 2.68 bits per heavy atom. The van der Waals surface area contributed by atoms with Gasteiger partial charge in [0.15, 0.2) is 16.6 Å². The molecule has 0 atom stereocenters. The van der Waals surface area contributed by atoms with Gasteiger partial charge in [-0.15, -0.1) is 0 Å². The van der Waals surface area contributed by atoms with E-state index in [1.807, 2.05) is 12.1 Å². The number of rotatable bonds is 6. The molecule has 118 valence electrons. The van der Waals surface area contributed by atoms with Crippen LogP contribution in [0, 0.1) is 6.92 Å². The van der Waals surface area contributed by atoms with Crippen molar-refractivity contribution in [1.82, 2.24) is 4.98 Å². The van der Waals surface area contributed by atoms with E-state index in [0.29, 0.717) is 28.9 Å². The smallest absolute Gasteiger partial charge is 0.347 e. The first-order valence-corrected chi connectivity index (χ1v) is 7.92. The van der Waals surface area contributed by atoms with Crippen molar-refractivity contribution >= 4 is 38.4 Å². The normalized spacial score (nSPS) is 10.4. The Labute approximate surface area is 140 Å². The Morgan fingerprint density at radius 1 is 1.41 bits per heavy atom. The quantitative estimate of drug-likeness (QED) is 0.789. The fourth-order valence-corrected chi connectivity index (χ4v) is 3.37. The molecule has 6 nitrogen and oxygen atoms in total. The molecular weight excluding hydrogens is 372 g/mol. The largest absolute Gasteiger partial charge is 0.493 e. The Kier molecular flexibility index (Phi) is 5.25. The van der Waals surface area contributed by atoms with Crippen LogP contribution in [-0.4, -0.2) is 30.3 Å². The minimum absolute atomic E-state index is 0.246. The molecule has 0 fully saturated rings. The number of methoxy groups -OCH3 is 2. The lowest BCUT2D eigenvalue weighted by Crippen LogP contribution is -2.01. The van der Waals surface area contributed by atoms with Gasteiger partial charge in [-0.05, 0) is 40.5 Å². The molecule has 0 aliphatic carbocycles. The molecule has 2 rings (SSSR count). The number of thiazole rings is 1. The molecule has 0 amide bonds. The highest BCUT2D eigenvalue weighted by Gasteiger charge is 2.14. The van der Waals surface area contributed by atoms with E-state index in [1.54, 1.807) is 21.1 Å². The van der Waals surface area contributed by atoms with Gasteiger partial charge in [0.05, 0.1) is 24.4 Å². The molecule has 1 aromatic carbocycles. The van der Waals surface area contributed by atoms with Crippen LogP contribution in [0.4, 0.5) is 5.13 Å². The molecule has 1 aromatic heterocycles. The molecule has 0 saturated carbocycles. The standard InChI is InChI=1S/C14H15BrN2O4S/c1-7-12(13(18)19)22-14(17-7)16-6-8-4-9(15)11(21-3)10(5-8)20-2/h4-5H,6H2,1-3H3,(H,16,17)(H,18,19). The second kappa shape index (κ2) is 6.97. The molecule has 0 spiro atoms. The number of carbonyl (C=O) groups is 1. The van der Waals surface area contributed by atoms with E-state index in [-0.39, 0.29) is 4.88 Å². The van der Waals surface area contributed by atoms with Gasteiger partial charge in [-0.1, -0.05) is 11.3 Å². The third-order valence-corrected chi connectivity index (χ3v) is 4.62. The molecule has 2 N–H and O–H groups in total. The van der Waals surface area contributed by atoms with E-state index >= 15 is 0 Å². The highest BCUT2D eigenvalue weighted by Crippen LogP contribution is 2.36. The van der Waals surface area contributed by atoms with Crippen LogP contribution in [0.1, 0.15) is 20.9 Å². The second-order valence-corrected chi connectivity index (χ2v) is 6.26. The molecule has 0 unspecified atom stereocenters. The number of aryl methyl sites for hydroxylation is 1. The average molecular weight is 387 g/mol. The lowest BCUT2D eigenvalue weighted by atomic mass is 10.2. The minimum atomic E-state index is -0.961. The Bertz CT molecular complexity index is 702. The van der Waals surface area contributed by atoms with Crippen LogP contribution in [0.15, 0.2) is 16.6 Å². The van der Waals surface area contributed by atoms with Crippen molar-refractivity contribution in [1.29, 1.82) is 0 Å². The summed E-state index contributed by atoms with van der Waals surface area (Å²) in [7, 11) is 3.15. The van der Waals surface area contributed by atoms with Gasteiger partial charge in [0.1, 0.15) is 4.88 Å². The van der Waals surface area contributed by atoms with Gasteiger partial charge in [-0.25, -0.2) is 9.78 Å². The number of anilines is 1. The van der Waals surface area contributed by atoms with Crippen LogP contribution >= 0.6 is 27.3 Å². The molecule has 0 saturated heterocycles. The number of aromatic carboxylic acids is 1. The van der Waals surface area contributed by atoms with Crippen LogP contribution in [0.3, 0.4) is 0 Å². The maximum atomic E-state index is 11.0. The topological polar surface area (TPSA) is 80.7 Å². The van der Waals surface area contributed by atoms with Crippen molar-refractivity contribution in [3.63, 3.8) is 0 Å². The van der Waals surface area contributed by atoms with Crippen LogP contribution in [0.5, 0.6) is 11.5 Å². The van der Waals surface area contributed by atoms with Crippen LogP contribution in [0.2, 0.25) is 0 Å². The first-order chi connectivity index (χ1) is 10.5. The van der Waals surface area contributed by atoms with Crippen molar-refractivity contribution in [2.75, 3.05) is 19.5 Å². The maximum absolute atomic E-state index is 11.0. The van der Waals surface area contributed by atoms with Crippen LogP contribution < -0.4 is 14.8 Å². The van der Waals surface area contributed by atoms with Crippen LogP contribution in [0.25, 0.3) is 0 Å². The Balaban J connectivity index is 2.16. The SMILES string of the molecule is COc1cc(CNc2nc(C)c(C(=O)O)s2)cc(Br)c1OC. The van der Waals surface area contributed by atoms with E-state index in [0.717, 1.165) is 21.4 Å². The Morgan fingerprint density at radius 2 is 2.14 bits per heavy atom. The first kappa shape index (κ1) is 16.6. The van der Waals surface area contributed by atoms with Crippen molar-refractivity contribution < 1.29 is 19.4 Å². The molecule has 0 bridgehead atoms. The zero-order chi connectivity index (χ0) is 16.3. The number of nitrogens with zero attached hydrogens (tertiary/aromatic N) is 1. The predicted octanol–water partition coefficient (Wildman–Crippen LogP) is 3.54. The summed E-state index contributed by atoms with van der Waals surface area (Å²) >= 11 is 4.56. The summed E-state index contributed by atoms with van der Waals surface area (Å²) in [5.41, 5.74) is 1.46. The number of ether oxygens (including phenoxy) is 2. The molecule has 0 aliphatic heterocycles. The highest BCUT2D eigenvalue weighted by molar-refractivity contribution is 9.10. The van der Waals surface area contributed by atoms with Gasteiger partial charge in [0.2, 0.25) is 0 Å². The summed E-state index contributed by atoms with van der Waals surface area (Å²) in [4.78, 5) is 15.5. The predicted molar refractivity (Wildman–Crippen MR) is 88.4 cm³/mol. The van der Waals surface area contributed by atoms with Crippen molar-refractivity contribution in [2.24, 2.45) is 0 Å². The van der Waals surface area contributed by atoms with Crippen molar-refractivity contribution in [2.45, 2.75) is 13.5 Å². The lowest BCUT2D eigenvalue weighted by molar-refractivity contribution is 0.0701. The summed E-state index contributed by atoms with van der Waals surface area (Å²) in [6.45, 7) is 2.17. The van der Waals surface area contributed by atoms with E-state index in [4.69, 9.17) is 14.6 Å². The molecular formula is C14H15BrN2O4S. The summed E-state index contributed by atoms with van der Waals surface area (Å²) < 4.78 is 11.3. The van der Waals surface area contributed by atoms with E-state index < -0.39 is 5.97 Å².